The first kappa shape index (κ1) is 14.3. The maximum atomic E-state index is 12.3. The van der Waals surface area contributed by atoms with E-state index in [-0.39, 0.29) is 17.9 Å². The maximum Gasteiger partial charge on any atom is 0.229 e. The van der Waals surface area contributed by atoms with E-state index in [0.29, 0.717) is 5.75 Å². The van der Waals surface area contributed by atoms with Gasteiger partial charge in [-0.25, -0.2) is 0 Å². The van der Waals surface area contributed by atoms with Gasteiger partial charge < -0.3 is 15.8 Å². The van der Waals surface area contributed by atoms with E-state index in [0.717, 1.165) is 35.0 Å². The normalized spacial score (nSPS) is 22.3. The average Bonchev–Trinajstić information content (AvgIpc) is 2.78. The van der Waals surface area contributed by atoms with Crippen LogP contribution in [0.15, 0.2) is 16.6 Å². The maximum absolute atomic E-state index is 12.3. The van der Waals surface area contributed by atoms with Crippen LogP contribution in [0.2, 0.25) is 0 Å². The van der Waals surface area contributed by atoms with Gasteiger partial charge in [0.05, 0.1) is 18.7 Å². The largest absolute Gasteiger partial charge is 0.495 e. The Hall–Kier alpha value is -1.07. The number of ether oxygens (including phenoxy) is 1. The lowest BCUT2D eigenvalue weighted by Gasteiger charge is -2.18. The molecular weight excluding hydrogens is 308 g/mol. The molecule has 4 nitrogen and oxygen atoms in total. The van der Waals surface area contributed by atoms with E-state index in [1.54, 1.807) is 7.11 Å². The summed E-state index contributed by atoms with van der Waals surface area (Å²) >= 11 is 3.42. The molecule has 3 N–H and O–H groups in total. The molecule has 0 spiro atoms. The fourth-order valence-corrected chi connectivity index (χ4v) is 3.12. The molecule has 0 radical (unpaired) electrons. The minimum absolute atomic E-state index is 0.00581. The molecule has 1 aromatic rings. The van der Waals surface area contributed by atoms with Crippen molar-refractivity contribution in [2.45, 2.75) is 32.2 Å². The first-order valence-electron chi connectivity index (χ1n) is 6.43. The molecule has 1 aliphatic carbocycles. The van der Waals surface area contributed by atoms with Crippen LogP contribution in [0.1, 0.15) is 24.8 Å². The minimum Gasteiger partial charge on any atom is -0.495 e. The van der Waals surface area contributed by atoms with Gasteiger partial charge in [-0.2, -0.15) is 0 Å². The van der Waals surface area contributed by atoms with Crippen LogP contribution >= 0.6 is 15.9 Å². The number of carbonyl (C=O) groups is 1. The summed E-state index contributed by atoms with van der Waals surface area (Å²) < 4.78 is 6.25. The number of benzene rings is 1. The Morgan fingerprint density at radius 1 is 1.47 bits per heavy atom. The molecule has 0 bridgehead atoms. The second-order valence-corrected chi connectivity index (χ2v) is 5.91. The van der Waals surface area contributed by atoms with Gasteiger partial charge in [-0.05, 0) is 37.5 Å². The first-order chi connectivity index (χ1) is 9.02. The van der Waals surface area contributed by atoms with Crippen molar-refractivity contribution in [1.82, 2.24) is 0 Å². The lowest BCUT2D eigenvalue weighted by atomic mass is 10.0. The number of hydrogen-bond donors (Lipinski definition) is 2. The highest BCUT2D eigenvalue weighted by atomic mass is 79.9. The van der Waals surface area contributed by atoms with Crippen LogP contribution in [0.5, 0.6) is 5.75 Å². The molecule has 2 unspecified atom stereocenters. The van der Waals surface area contributed by atoms with E-state index in [9.17, 15) is 4.79 Å². The highest BCUT2D eigenvalue weighted by molar-refractivity contribution is 9.10. The van der Waals surface area contributed by atoms with E-state index in [1.807, 2.05) is 19.1 Å². The van der Waals surface area contributed by atoms with Crippen molar-refractivity contribution in [3.63, 3.8) is 0 Å². The van der Waals surface area contributed by atoms with Crippen LogP contribution in [0.25, 0.3) is 0 Å². The topological polar surface area (TPSA) is 64.3 Å². The Bertz CT molecular complexity index is 491. The Morgan fingerprint density at radius 3 is 2.79 bits per heavy atom. The smallest absolute Gasteiger partial charge is 0.229 e. The highest BCUT2D eigenvalue weighted by Crippen LogP contribution is 2.33. The lowest BCUT2D eigenvalue weighted by molar-refractivity contribution is -0.120. The Balaban J connectivity index is 2.21. The van der Waals surface area contributed by atoms with Gasteiger partial charge >= 0.3 is 0 Å². The molecular formula is C14H19BrN2O2. The molecule has 1 aromatic carbocycles. The summed E-state index contributed by atoms with van der Waals surface area (Å²) in [5, 5.41) is 2.96. The highest BCUT2D eigenvalue weighted by Gasteiger charge is 2.30. The third-order valence-electron chi connectivity index (χ3n) is 3.64. The number of amides is 1. The number of nitrogens with two attached hydrogens (primary N) is 1. The summed E-state index contributed by atoms with van der Waals surface area (Å²) in [5.74, 6) is 0.563. The zero-order valence-electron chi connectivity index (χ0n) is 11.2. The summed E-state index contributed by atoms with van der Waals surface area (Å²) in [6, 6.07) is 3.77. The van der Waals surface area contributed by atoms with E-state index in [4.69, 9.17) is 10.5 Å². The third-order valence-corrected chi connectivity index (χ3v) is 4.10. The van der Waals surface area contributed by atoms with Crippen molar-refractivity contribution in [3.05, 3.63) is 22.2 Å². The van der Waals surface area contributed by atoms with Crippen molar-refractivity contribution < 1.29 is 9.53 Å². The summed E-state index contributed by atoms with van der Waals surface area (Å²) in [7, 11) is 1.60. The molecule has 2 rings (SSSR count). The second kappa shape index (κ2) is 5.92. The number of carbonyl (C=O) groups excluding carboxylic acids is 1. The van der Waals surface area contributed by atoms with Gasteiger partial charge in [-0.1, -0.05) is 22.4 Å². The average molecular weight is 327 g/mol. The number of anilines is 1. The lowest BCUT2D eigenvalue weighted by Crippen LogP contribution is -2.34. The molecule has 0 saturated heterocycles. The van der Waals surface area contributed by atoms with Crippen molar-refractivity contribution in [3.8, 4) is 5.75 Å². The van der Waals surface area contributed by atoms with Crippen molar-refractivity contribution in [1.29, 1.82) is 0 Å². The predicted molar refractivity (Wildman–Crippen MR) is 79.4 cm³/mol. The molecule has 0 aliphatic heterocycles. The van der Waals surface area contributed by atoms with E-state index >= 15 is 0 Å². The molecule has 0 heterocycles. The summed E-state index contributed by atoms with van der Waals surface area (Å²) in [4.78, 5) is 12.3. The summed E-state index contributed by atoms with van der Waals surface area (Å²) in [6.07, 6.45) is 2.81. The fourth-order valence-electron chi connectivity index (χ4n) is 2.56. The Kier molecular flexibility index (Phi) is 4.47. The molecule has 104 valence electrons. The quantitative estimate of drug-likeness (QED) is 0.897. The van der Waals surface area contributed by atoms with Crippen LogP contribution in [-0.2, 0) is 4.79 Å². The van der Waals surface area contributed by atoms with Gasteiger partial charge in [0.25, 0.3) is 0 Å². The number of halogens is 1. The zero-order chi connectivity index (χ0) is 14.0. The van der Waals surface area contributed by atoms with Crippen LogP contribution in [-0.4, -0.2) is 19.1 Å². The number of nitrogens with one attached hydrogen (secondary N) is 1. The number of rotatable bonds is 3. The standard InChI is InChI=1S/C14H19BrN2O2/c1-8-6-9(15)7-12(19-2)13(8)17-14(18)10-4-3-5-11(10)16/h6-7,10-11H,3-5,16H2,1-2H3,(H,17,18). The molecule has 1 aliphatic rings. The molecule has 1 saturated carbocycles. The van der Waals surface area contributed by atoms with Crippen LogP contribution < -0.4 is 15.8 Å². The monoisotopic (exact) mass is 326 g/mol. The minimum atomic E-state index is -0.0900. The Labute approximate surface area is 121 Å². The van der Waals surface area contributed by atoms with E-state index < -0.39 is 0 Å². The van der Waals surface area contributed by atoms with Crippen molar-refractivity contribution in [2.75, 3.05) is 12.4 Å². The van der Waals surface area contributed by atoms with Crippen LogP contribution in [0.4, 0.5) is 5.69 Å². The van der Waals surface area contributed by atoms with Gasteiger partial charge in [0, 0.05) is 10.5 Å². The predicted octanol–water partition coefficient (Wildman–Crippen LogP) is 2.83. The van der Waals surface area contributed by atoms with Crippen LogP contribution in [0, 0.1) is 12.8 Å². The number of hydrogen-bond acceptors (Lipinski definition) is 3. The summed E-state index contributed by atoms with van der Waals surface area (Å²) in [5.41, 5.74) is 7.66. The fraction of sp³-hybridized carbons (Fsp3) is 0.500. The van der Waals surface area contributed by atoms with E-state index in [1.165, 1.54) is 0 Å². The molecule has 0 aromatic heterocycles. The first-order valence-corrected chi connectivity index (χ1v) is 7.23. The zero-order valence-corrected chi connectivity index (χ0v) is 12.8. The number of methoxy groups -OCH3 is 1. The summed E-state index contributed by atoms with van der Waals surface area (Å²) in [6.45, 7) is 1.94. The van der Waals surface area contributed by atoms with Crippen LogP contribution in [0.3, 0.4) is 0 Å². The SMILES string of the molecule is COc1cc(Br)cc(C)c1NC(=O)C1CCCC1N. The van der Waals surface area contributed by atoms with Crippen molar-refractivity contribution >= 4 is 27.5 Å². The Morgan fingerprint density at radius 2 is 2.21 bits per heavy atom. The van der Waals surface area contributed by atoms with Crippen molar-refractivity contribution in [2.24, 2.45) is 11.7 Å². The van der Waals surface area contributed by atoms with Gasteiger partial charge in [0.15, 0.2) is 0 Å². The molecule has 1 amide bonds. The third kappa shape index (κ3) is 3.09. The molecule has 5 heteroatoms. The number of aryl methyl sites for hydroxylation is 1. The van der Waals surface area contributed by atoms with Gasteiger partial charge in [0.1, 0.15) is 5.75 Å². The van der Waals surface area contributed by atoms with Gasteiger partial charge in [0.2, 0.25) is 5.91 Å². The molecule has 19 heavy (non-hydrogen) atoms. The van der Waals surface area contributed by atoms with E-state index in [2.05, 4.69) is 21.2 Å². The molecule has 2 atom stereocenters. The van der Waals surface area contributed by atoms with Gasteiger partial charge in [-0.15, -0.1) is 0 Å². The second-order valence-electron chi connectivity index (χ2n) is 4.99. The molecule has 1 fully saturated rings. The van der Waals surface area contributed by atoms with Gasteiger partial charge in [-0.3, -0.25) is 4.79 Å².